The lowest BCUT2D eigenvalue weighted by Crippen LogP contribution is -2.33. The summed E-state index contributed by atoms with van der Waals surface area (Å²) in [6, 6.07) is 0. The molecule has 1 aromatic rings. The van der Waals surface area contributed by atoms with Crippen LogP contribution in [0.4, 0.5) is 0 Å². The largest absolute Gasteiger partial charge is 0.368 e. The lowest BCUT2D eigenvalue weighted by Gasteiger charge is -2.18. The number of carbonyl (C=O) groups is 1. The van der Waals surface area contributed by atoms with Crippen LogP contribution in [-0.2, 0) is 9.53 Å². The van der Waals surface area contributed by atoms with E-state index < -0.39 is 0 Å². The third-order valence-corrected chi connectivity index (χ3v) is 6.50. The summed E-state index contributed by atoms with van der Waals surface area (Å²) in [5, 5.41) is 7.62. The minimum Gasteiger partial charge on any atom is -0.368 e. The van der Waals surface area contributed by atoms with E-state index in [1.165, 1.54) is 38.5 Å². The minimum absolute atomic E-state index is 0.155. The first-order chi connectivity index (χ1) is 12.3. The second-order valence-electron chi connectivity index (χ2n) is 8.48. The second-order valence-corrected chi connectivity index (χ2v) is 8.48. The monoisotopic (exact) mass is 344 g/mol. The molecule has 1 saturated heterocycles. The number of carbonyl (C=O) groups excluding carboxylic acids is 1. The van der Waals surface area contributed by atoms with E-state index in [9.17, 15) is 4.79 Å². The fourth-order valence-electron chi connectivity index (χ4n) is 4.64. The van der Waals surface area contributed by atoms with Crippen molar-refractivity contribution in [2.45, 2.75) is 69.3 Å². The average Bonchev–Trinajstić information content (AvgIpc) is 3.49. The molecule has 4 fully saturated rings. The third-order valence-electron chi connectivity index (χ3n) is 6.50. The van der Waals surface area contributed by atoms with E-state index in [2.05, 4.69) is 10.2 Å². The molecule has 2 atom stereocenters. The highest BCUT2D eigenvalue weighted by Gasteiger charge is 2.46. The van der Waals surface area contributed by atoms with Crippen LogP contribution in [0.2, 0.25) is 0 Å². The zero-order chi connectivity index (χ0) is 16.8. The van der Waals surface area contributed by atoms with Crippen molar-refractivity contribution in [3.8, 4) is 0 Å². The van der Waals surface area contributed by atoms with Crippen LogP contribution < -0.4 is 0 Å². The molecular weight excluding hydrogens is 316 g/mol. The molecule has 0 bridgehead atoms. The van der Waals surface area contributed by atoms with Crippen molar-refractivity contribution in [2.75, 3.05) is 19.7 Å². The van der Waals surface area contributed by atoms with Crippen LogP contribution in [0, 0.1) is 11.8 Å². The lowest BCUT2D eigenvalue weighted by molar-refractivity contribution is -0.137. The summed E-state index contributed by atoms with van der Waals surface area (Å²) in [5.74, 6) is 4.33. The number of nitrogens with one attached hydrogen (secondary N) is 1. The zero-order valence-electron chi connectivity index (χ0n) is 14.8. The van der Waals surface area contributed by atoms with E-state index in [1.807, 2.05) is 4.90 Å². The van der Waals surface area contributed by atoms with Gasteiger partial charge in [-0.1, -0.05) is 12.8 Å². The molecule has 6 nitrogen and oxygen atoms in total. The minimum atomic E-state index is 0.155. The van der Waals surface area contributed by atoms with Crippen LogP contribution in [0.1, 0.15) is 74.9 Å². The Hall–Kier alpha value is -1.43. The average molecular weight is 344 g/mol. The van der Waals surface area contributed by atoms with Crippen LogP contribution in [0.3, 0.4) is 0 Å². The number of nitrogens with zero attached hydrogens (tertiary/aromatic N) is 3. The Bertz CT molecular complexity index is 631. The maximum Gasteiger partial charge on any atom is 0.248 e. The molecule has 0 unspecified atom stereocenters. The van der Waals surface area contributed by atoms with Gasteiger partial charge in [-0.3, -0.25) is 9.89 Å². The summed E-state index contributed by atoms with van der Waals surface area (Å²) in [4.78, 5) is 19.4. The van der Waals surface area contributed by atoms with Crippen molar-refractivity contribution in [1.29, 1.82) is 0 Å². The van der Waals surface area contributed by atoms with Crippen molar-refractivity contribution in [2.24, 2.45) is 11.8 Å². The number of ether oxygens (including phenoxy) is 1. The Morgan fingerprint density at radius 2 is 1.92 bits per heavy atom. The van der Waals surface area contributed by atoms with E-state index in [-0.39, 0.29) is 12.5 Å². The van der Waals surface area contributed by atoms with Crippen LogP contribution in [0.5, 0.6) is 0 Å². The fraction of sp³-hybridized carbons (Fsp3) is 0.842. The molecule has 3 saturated carbocycles. The Kier molecular flexibility index (Phi) is 4.03. The van der Waals surface area contributed by atoms with Gasteiger partial charge in [-0.2, -0.15) is 5.10 Å². The third kappa shape index (κ3) is 3.33. The Morgan fingerprint density at radius 3 is 2.64 bits per heavy atom. The van der Waals surface area contributed by atoms with Crippen LogP contribution in [0.25, 0.3) is 0 Å². The number of amides is 1. The van der Waals surface area contributed by atoms with Gasteiger partial charge in [0.2, 0.25) is 5.91 Å². The molecule has 1 aliphatic heterocycles. The van der Waals surface area contributed by atoms with E-state index in [0.29, 0.717) is 23.9 Å². The molecule has 0 spiro atoms. The van der Waals surface area contributed by atoms with Gasteiger partial charge in [0.15, 0.2) is 5.82 Å². The highest BCUT2D eigenvalue weighted by Crippen LogP contribution is 2.47. The van der Waals surface area contributed by atoms with Gasteiger partial charge in [-0.05, 0) is 50.4 Å². The summed E-state index contributed by atoms with van der Waals surface area (Å²) in [5.41, 5.74) is 0. The molecule has 1 N–H and O–H groups in total. The van der Waals surface area contributed by atoms with Crippen LogP contribution >= 0.6 is 0 Å². The number of aromatic amines is 1. The predicted molar refractivity (Wildman–Crippen MR) is 92.1 cm³/mol. The van der Waals surface area contributed by atoms with Gasteiger partial charge in [0.25, 0.3) is 0 Å². The van der Waals surface area contributed by atoms with Gasteiger partial charge in [0, 0.05) is 24.9 Å². The normalized spacial score (nSPS) is 30.3. The number of H-pyrrole nitrogens is 1. The maximum atomic E-state index is 12.6. The number of rotatable bonds is 6. The molecule has 25 heavy (non-hydrogen) atoms. The quantitative estimate of drug-likeness (QED) is 0.861. The number of likely N-dealkylation sites (tertiary alicyclic amines) is 1. The highest BCUT2D eigenvalue weighted by molar-refractivity contribution is 5.78. The number of hydrogen-bond donors (Lipinski definition) is 1. The van der Waals surface area contributed by atoms with Gasteiger partial charge in [0.1, 0.15) is 12.4 Å². The van der Waals surface area contributed by atoms with E-state index in [0.717, 1.165) is 43.5 Å². The van der Waals surface area contributed by atoms with Gasteiger partial charge < -0.3 is 9.64 Å². The van der Waals surface area contributed by atoms with Crippen molar-refractivity contribution < 1.29 is 9.53 Å². The maximum absolute atomic E-state index is 12.6. The lowest BCUT2D eigenvalue weighted by atomic mass is 9.91. The van der Waals surface area contributed by atoms with Gasteiger partial charge in [-0.15, -0.1) is 0 Å². The highest BCUT2D eigenvalue weighted by atomic mass is 16.5. The molecule has 6 heteroatoms. The molecule has 5 rings (SSSR count). The molecule has 136 valence electrons. The molecule has 0 aromatic carbocycles. The van der Waals surface area contributed by atoms with Gasteiger partial charge in [0.05, 0.1) is 6.10 Å². The van der Waals surface area contributed by atoms with Crippen LogP contribution in [0.15, 0.2) is 0 Å². The molecule has 1 amide bonds. The SMILES string of the molecule is O=C(COC1CCCC1)N1C[C@H](c2nc(C3CC3)n[nH]2)[C@@H](C2CC2)C1. The second kappa shape index (κ2) is 6.38. The first kappa shape index (κ1) is 15.8. The predicted octanol–water partition coefficient (Wildman–Crippen LogP) is 2.59. The standard InChI is InChI=1S/C19H28N4O2/c24-17(11-25-14-3-1-2-4-14)23-9-15(12-5-6-12)16(10-23)19-20-18(21-22-19)13-7-8-13/h12-16H,1-11H2,(H,20,21,22)/t15-,16+/m1/s1. The first-order valence-corrected chi connectivity index (χ1v) is 10.1. The molecular formula is C19H28N4O2. The molecule has 3 aliphatic carbocycles. The Balaban J connectivity index is 1.24. The summed E-state index contributed by atoms with van der Waals surface area (Å²) in [6.07, 6.45) is 10.0. The molecule has 1 aromatic heterocycles. The van der Waals surface area contributed by atoms with E-state index in [4.69, 9.17) is 9.72 Å². The zero-order valence-corrected chi connectivity index (χ0v) is 14.8. The summed E-state index contributed by atoms with van der Waals surface area (Å²) >= 11 is 0. The Labute approximate surface area is 148 Å². The van der Waals surface area contributed by atoms with Crippen molar-refractivity contribution in [3.63, 3.8) is 0 Å². The Morgan fingerprint density at radius 1 is 1.12 bits per heavy atom. The summed E-state index contributed by atoms with van der Waals surface area (Å²) in [7, 11) is 0. The van der Waals surface area contributed by atoms with Gasteiger partial charge in [-0.25, -0.2) is 4.98 Å². The van der Waals surface area contributed by atoms with Crippen molar-refractivity contribution in [1.82, 2.24) is 20.1 Å². The molecule has 4 aliphatic rings. The number of aromatic nitrogens is 3. The van der Waals surface area contributed by atoms with Crippen LogP contribution in [-0.4, -0.2) is 51.8 Å². The summed E-state index contributed by atoms with van der Waals surface area (Å²) in [6.45, 7) is 1.88. The van der Waals surface area contributed by atoms with Crippen molar-refractivity contribution in [3.05, 3.63) is 11.6 Å². The fourth-order valence-corrected chi connectivity index (χ4v) is 4.64. The topological polar surface area (TPSA) is 71.1 Å². The van der Waals surface area contributed by atoms with E-state index in [1.54, 1.807) is 0 Å². The molecule has 2 heterocycles. The van der Waals surface area contributed by atoms with Crippen molar-refractivity contribution >= 4 is 5.91 Å². The molecule has 0 radical (unpaired) electrons. The summed E-state index contributed by atoms with van der Waals surface area (Å²) < 4.78 is 5.85. The first-order valence-electron chi connectivity index (χ1n) is 10.1. The smallest absolute Gasteiger partial charge is 0.248 e. The number of hydrogen-bond acceptors (Lipinski definition) is 4. The van der Waals surface area contributed by atoms with Gasteiger partial charge >= 0.3 is 0 Å². The van der Waals surface area contributed by atoms with E-state index >= 15 is 0 Å².